The topological polar surface area (TPSA) is 103 Å². The minimum absolute atomic E-state index is 0.130. The first-order valence-electron chi connectivity index (χ1n) is 7.76. The van der Waals surface area contributed by atoms with Gasteiger partial charge in [0.2, 0.25) is 11.8 Å². The van der Waals surface area contributed by atoms with Gasteiger partial charge in [0.15, 0.2) is 0 Å². The van der Waals surface area contributed by atoms with E-state index in [1.54, 1.807) is 0 Å². The number of carbonyl (C=O) groups excluding carboxylic acids is 1. The lowest BCUT2D eigenvalue weighted by atomic mass is 10.2. The van der Waals surface area contributed by atoms with E-state index in [2.05, 4.69) is 20.2 Å². The number of amides is 1. The number of rotatable bonds is 8. The van der Waals surface area contributed by atoms with Crippen LogP contribution in [0.25, 0.3) is 0 Å². The van der Waals surface area contributed by atoms with Crippen molar-refractivity contribution in [2.45, 2.75) is 6.92 Å². The molecule has 0 saturated carbocycles. The molecular formula is C17H23N5O3. The summed E-state index contributed by atoms with van der Waals surface area (Å²) in [6, 6.07) is 5.70. The van der Waals surface area contributed by atoms with Crippen molar-refractivity contribution in [2.75, 3.05) is 39.7 Å². The zero-order valence-electron chi connectivity index (χ0n) is 14.9. The first-order valence-corrected chi connectivity index (χ1v) is 7.76. The van der Waals surface area contributed by atoms with Crippen LogP contribution in [0, 0.1) is 6.92 Å². The molecule has 134 valence electrons. The van der Waals surface area contributed by atoms with E-state index in [0.717, 1.165) is 23.5 Å². The molecule has 0 bridgehead atoms. The summed E-state index contributed by atoms with van der Waals surface area (Å²) in [6.07, 6.45) is 1.34. The summed E-state index contributed by atoms with van der Waals surface area (Å²) in [6.45, 7) is 3.43. The molecular weight excluding hydrogens is 322 g/mol. The number of nitrogens with zero attached hydrogens (tertiary/aromatic N) is 3. The van der Waals surface area contributed by atoms with E-state index in [4.69, 9.17) is 15.2 Å². The van der Waals surface area contributed by atoms with Crippen LogP contribution in [0.4, 0.5) is 11.6 Å². The molecule has 0 aliphatic rings. The molecule has 1 amide bonds. The quantitative estimate of drug-likeness (QED) is 0.748. The number of aryl methyl sites for hydroxylation is 1. The number of methoxy groups -OCH3 is 1. The number of hydrogen-bond acceptors (Lipinski definition) is 7. The van der Waals surface area contributed by atoms with Crippen LogP contribution in [0.1, 0.15) is 15.9 Å². The predicted molar refractivity (Wildman–Crippen MR) is 95.6 cm³/mol. The summed E-state index contributed by atoms with van der Waals surface area (Å²) >= 11 is 0. The Morgan fingerprint density at radius 1 is 1.36 bits per heavy atom. The molecule has 8 heteroatoms. The molecule has 1 aromatic carbocycles. The molecule has 0 spiro atoms. The lowest BCUT2D eigenvalue weighted by Gasteiger charge is -2.14. The first-order chi connectivity index (χ1) is 11.9. The molecule has 2 aromatic rings. The number of primary amides is 1. The van der Waals surface area contributed by atoms with Crippen LogP contribution in [0.3, 0.4) is 0 Å². The molecule has 0 aliphatic carbocycles. The number of nitrogens with two attached hydrogens (primary N) is 1. The summed E-state index contributed by atoms with van der Waals surface area (Å²) in [7, 11) is 5.42. The summed E-state index contributed by atoms with van der Waals surface area (Å²) in [5.41, 5.74) is 7.17. The van der Waals surface area contributed by atoms with Gasteiger partial charge in [-0.05, 0) is 44.8 Å². The van der Waals surface area contributed by atoms with E-state index in [-0.39, 0.29) is 11.4 Å². The van der Waals surface area contributed by atoms with Gasteiger partial charge in [-0.1, -0.05) is 0 Å². The van der Waals surface area contributed by atoms with Crippen molar-refractivity contribution in [3.05, 3.63) is 35.5 Å². The molecule has 8 nitrogen and oxygen atoms in total. The fraction of sp³-hybridized carbons (Fsp3) is 0.353. The second-order valence-electron chi connectivity index (χ2n) is 5.74. The second-order valence-corrected chi connectivity index (χ2v) is 5.74. The maximum atomic E-state index is 11.3. The lowest BCUT2D eigenvalue weighted by Crippen LogP contribution is -2.19. The molecule has 1 aromatic heterocycles. The van der Waals surface area contributed by atoms with Crippen molar-refractivity contribution in [1.82, 2.24) is 14.9 Å². The van der Waals surface area contributed by atoms with Crippen LogP contribution in [0.5, 0.6) is 11.6 Å². The zero-order chi connectivity index (χ0) is 18.4. The van der Waals surface area contributed by atoms with Gasteiger partial charge in [-0.25, -0.2) is 4.98 Å². The number of carbonyl (C=O) groups is 1. The summed E-state index contributed by atoms with van der Waals surface area (Å²) < 4.78 is 10.8. The van der Waals surface area contributed by atoms with Crippen LogP contribution >= 0.6 is 0 Å². The third-order valence-electron chi connectivity index (χ3n) is 3.44. The summed E-state index contributed by atoms with van der Waals surface area (Å²) in [5, 5.41) is 3.07. The Labute approximate surface area is 147 Å². The van der Waals surface area contributed by atoms with Gasteiger partial charge in [0.05, 0.1) is 7.11 Å². The fourth-order valence-corrected chi connectivity index (χ4v) is 2.11. The van der Waals surface area contributed by atoms with Crippen LogP contribution in [-0.2, 0) is 0 Å². The maximum Gasteiger partial charge on any atom is 0.255 e. The van der Waals surface area contributed by atoms with Crippen LogP contribution in [0.15, 0.2) is 24.4 Å². The molecule has 0 fully saturated rings. The van der Waals surface area contributed by atoms with Crippen LogP contribution < -0.4 is 20.5 Å². The highest BCUT2D eigenvalue weighted by molar-refractivity contribution is 5.94. The molecule has 0 aliphatic heterocycles. The van der Waals surface area contributed by atoms with E-state index in [1.165, 1.54) is 13.3 Å². The number of aromatic nitrogens is 2. The number of ether oxygens (including phenoxy) is 2. The maximum absolute atomic E-state index is 11.3. The van der Waals surface area contributed by atoms with Crippen LogP contribution in [-0.4, -0.2) is 55.1 Å². The highest BCUT2D eigenvalue weighted by Gasteiger charge is 2.13. The second kappa shape index (κ2) is 8.29. The minimum Gasteiger partial charge on any atom is -0.492 e. The fourth-order valence-electron chi connectivity index (χ4n) is 2.11. The van der Waals surface area contributed by atoms with Crippen molar-refractivity contribution in [3.8, 4) is 11.6 Å². The Balaban J connectivity index is 2.10. The Bertz CT molecular complexity index is 749. The highest BCUT2D eigenvalue weighted by Crippen LogP contribution is 2.24. The predicted octanol–water partition coefficient (Wildman–Crippen LogP) is 1.58. The third-order valence-corrected chi connectivity index (χ3v) is 3.44. The number of anilines is 2. The zero-order valence-corrected chi connectivity index (χ0v) is 14.9. The minimum atomic E-state index is -0.640. The van der Waals surface area contributed by atoms with Gasteiger partial charge in [-0.2, -0.15) is 4.98 Å². The van der Waals surface area contributed by atoms with Crippen molar-refractivity contribution < 1.29 is 14.3 Å². The molecule has 0 saturated heterocycles. The Hall–Kier alpha value is -2.87. The SMILES string of the molecule is COc1nc(Nc2ccc(OCCN(C)C)c(C)c2)ncc1C(N)=O. The Morgan fingerprint density at radius 2 is 2.12 bits per heavy atom. The molecule has 0 atom stereocenters. The van der Waals surface area contributed by atoms with E-state index >= 15 is 0 Å². The normalized spacial score (nSPS) is 10.6. The molecule has 2 rings (SSSR count). The molecule has 0 radical (unpaired) electrons. The smallest absolute Gasteiger partial charge is 0.255 e. The van der Waals surface area contributed by atoms with Crippen LogP contribution in [0.2, 0.25) is 0 Å². The number of likely N-dealkylation sites (N-methyl/N-ethyl adjacent to an activating group) is 1. The monoisotopic (exact) mass is 345 g/mol. The number of benzene rings is 1. The van der Waals surface area contributed by atoms with E-state index in [9.17, 15) is 4.79 Å². The Kier molecular flexibility index (Phi) is 6.13. The van der Waals surface area contributed by atoms with Gasteiger partial charge in [-0.15, -0.1) is 0 Å². The average Bonchev–Trinajstić information content (AvgIpc) is 2.56. The number of hydrogen-bond donors (Lipinski definition) is 2. The van der Waals surface area contributed by atoms with Gasteiger partial charge in [0, 0.05) is 18.4 Å². The summed E-state index contributed by atoms with van der Waals surface area (Å²) in [5.74, 6) is 0.626. The largest absolute Gasteiger partial charge is 0.492 e. The molecule has 0 unspecified atom stereocenters. The van der Waals surface area contributed by atoms with Gasteiger partial charge in [0.1, 0.15) is 17.9 Å². The molecule has 1 heterocycles. The average molecular weight is 345 g/mol. The van der Waals surface area contributed by atoms with Gasteiger partial charge in [0.25, 0.3) is 5.91 Å². The van der Waals surface area contributed by atoms with Crippen molar-refractivity contribution in [3.63, 3.8) is 0 Å². The van der Waals surface area contributed by atoms with Gasteiger partial charge >= 0.3 is 0 Å². The van der Waals surface area contributed by atoms with Crippen molar-refractivity contribution in [1.29, 1.82) is 0 Å². The number of nitrogens with one attached hydrogen (secondary N) is 1. The molecule has 3 N–H and O–H groups in total. The summed E-state index contributed by atoms with van der Waals surface area (Å²) in [4.78, 5) is 21.6. The first kappa shape index (κ1) is 18.5. The van der Waals surface area contributed by atoms with E-state index in [0.29, 0.717) is 12.6 Å². The van der Waals surface area contributed by atoms with E-state index < -0.39 is 5.91 Å². The molecule has 25 heavy (non-hydrogen) atoms. The standard InChI is InChI=1S/C17H23N5O3/c1-11-9-12(5-6-14(11)25-8-7-22(2)3)20-17-19-10-13(15(18)23)16(21-17)24-4/h5-6,9-10H,7-8H2,1-4H3,(H2,18,23)(H,19,20,21). The van der Waals surface area contributed by atoms with Gasteiger partial charge < -0.3 is 25.4 Å². The lowest BCUT2D eigenvalue weighted by molar-refractivity contribution is 0.0996. The van der Waals surface area contributed by atoms with Crippen molar-refractivity contribution >= 4 is 17.5 Å². The third kappa shape index (κ3) is 5.05. The van der Waals surface area contributed by atoms with E-state index in [1.807, 2.05) is 39.2 Å². The van der Waals surface area contributed by atoms with Gasteiger partial charge in [-0.3, -0.25) is 4.79 Å². The Morgan fingerprint density at radius 3 is 2.72 bits per heavy atom. The van der Waals surface area contributed by atoms with Crippen molar-refractivity contribution in [2.24, 2.45) is 5.73 Å². The highest BCUT2D eigenvalue weighted by atomic mass is 16.5.